The predicted octanol–water partition coefficient (Wildman–Crippen LogP) is 2.44. The van der Waals surface area contributed by atoms with Crippen LogP contribution in [-0.4, -0.2) is 14.2 Å². The summed E-state index contributed by atoms with van der Waals surface area (Å²) in [6.45, 7) is 2.04. The molecule has 66 valence electrons. The van der Waals surface area contributed by atoms with Gasteiger partial charge in [-0.05, 0) is 24.6 Å². The van der Waals surface area contributed by atoms with Crippen LogP contribution in [0.3, 0.4) is 0 Å². The summed E-state index contributed by atoms with van der Waals surface area (Å²) in [5, 5.41) is 3.09. The number of rotatable bonds is 3. The summed E-state index contributed by atoms with van der Waals surface area (Å²) in [6.07, 6.45) is 0.165. The summed E-state index contributed by atoms with van der Waals surface area (Å²) in [5.74, 6) is 0. The third kappa shape index (κ3) is 1.98. The zero-order valence-electron chi connectivity index (χ0n) is 7.79. The number of methoxy groups -OCH3 is 1. The van der Waals surface area contributed by atoms with Crippen LogP contribution in [0.1, 0.15) is 18.6 Å². The molecule has 0 unspecified atom stereocenters. The molecule has 0 aliphatic heterocycles. The predicted molar refractivity (Wildman–Crippen MR) is 51.4 cm³/mol. The second-order valence-electron chi connectivity index (χ2n) is 2.75. The molecule has 0 amide bonds. The van der Waals surface area contributed by atoms with Crippen LogP contribution in [0.2, 0.25) is 0 Å². The van der Waals surface area contributed by atoms with Crippen molar-refractivity contribution in [2.75, 3.05) is 19.5 Å². The van der Waals surface area contributed by atoms with Crippen molar-refractivity contribution >= 4 is 5.69 Å². The second-order valence-corrected chi connectivity index (χ2v) is 2.75. The summed E-state index contributed by atoms with van der Waals surface area (Å²) >= 11 is 0. The van der Waals surface area contributed by atoms with Gasteiger partial charge in [0, 0.05) is 19.8 Å². The van der Waals surface area contributed by atoms with Crippen LogP contribution < -0.4 is 5.32 Å². The lowest BCUT2D eigenvalue weighted by Crippen LogP contribution is -1.96. The number of nitrogens with one attached hydrogen (secondary N) is 1. The van der Waals surface area contributed by atoms with Crippen molar-refractivity contribution in [2.45, 2.75) is 13.0 Å². The Morgan fingerprint density at radius 2 is 2.17 bits per heavy atom. The molecule has 0 bridgehead atoms. The lowest BCUT2D eigenvalue weighted by atomic mass is 10.1. The zero-order chi connectivity index (χ0) is 8.97. The normalized spacial score (nSPS) is 12.6. The Balaban J connectivity index is 2.86. The Labute approximate surface area is 73.6 Å². The Hall–Kier alpha value is -1.02. The van der Waals surface area contributed by atoms with Gasteiger partial charge in [0.25, 0.3) is 0 Å². The fourth-order valence-corrected chi connectivity index (χ4v) is 1.08. The molecule has 0 radical (unpaired) electrons. The van der Waals surface area contributed by atoms with Crippen molar-refractivity contribution in [1.29, 1.82) is 0 Å². The van der Waals surface area contributed by atoms with Crippen LogP contribution in [0.5, 0.6) is 0 Å². The molecule has 0 aliphatic rings. The zero-order valence-corrected chi connectivity index (χ0v) is 7.79. The van der Waals surface area contributed by atoms with Crippen LogP contribution in [0, 0.1) is 0 Å². The maximum atomic E-state index is 5.21. The van der Waals surface area contributed by atoms with E-state index in [1.807, 2.05) is 26.1 Å². The third-order valence-corrected chi connectivity index (χ3v) is 2.00. The second kappa shape index (κ2) is 4.12. The Kier molecular flexibility index (Phi) is 3.11. The van der Waals surface area contributed by atoms with Crippen molar-refractivity contribution in [2.24, 2.45) is 0 Å². The molecule has 1 aromatic carbocycles. The average molecular weight is 165 g/mol. The molecule has 1 rings (SSSR count). The fraction of sp³-hybridized carbons (Fsp3) is 0.400. The van der Waals surface area contributed by atoms with Crippen molar-refractivity contribution in [3.63, 3.8) is 0 Å². The molecule has 12 heavy (non-hydrogen) atoms. The van der Waals surface area contributed by atoms with Crippen molar-refractivity contribution in [3.05, 3.63) is 29.8 Å². The Morgan fingerprint density at radius 3 is 2.75 bits per heavy atom. The number of hydrogen-bond acceptors (Lipinski definition) is 2. The molecular weight excluding hydrogens is 150 g/mol. The highest BCUT2D eigenvalue weighted by atomic mass is 16.5. The molecule has 0 aromatic heterocycles. The number of hydrogen-bond donors (Lipinski definition) is 1. The molecule has 0 saturated carbocycles. The molecule has 0 aliphatic carbocycles. The van der Waals surface area contributed by atoms with Crippen molar-refractivity contribution in [1.82, 2.24) is 0 Å². The van der Waals surface area contributed by atoms with Crippen LogP contribution in [-0.2, 0) is 4.74 Å². The van der Waals surface area contributed by atoms with Gasteiger partial charge < -0.3 is 10.1 Å². The van der Waals surface area contributed by atoms with Gasteiger partial charge in [-0.3, -0.25) is 0 Å². The SMILES string of the molecule is CNc1cccc([C@H](C)OC)c1. The van der Waals surface area contributed by atoms with E-state index in [1.165, 1.54) is 5.56 Å². The van der Waals surface area contributed by atoms with Crippen LogP contribution in [0.25, 0.3) is 0 Å². The van der Waals surface area contributed by atoms with Crippen LogP contribution in [0.4, 0.5) is 5.69 Å². The first-order valence-electron chi connectivity index (χ1n) is 4.08. The van der Waals surface area contributed by atoms with Gasteiger partial charge in [0.1, 0.15) is 0 Å². The molecule has 2 heteroatoms. The summed E-state index contributed by atoms with van der Waals surface area (Å²) in [7, 11) is 3.63. The van der Waals surface area contributed by atoms with E-state index in [2.05, 4.69) is 17.4 Å². The topological polar surface area (TPSA) is 21.3 Å². The first-order valence-corrected chi connectivity index (χ1v) is 4.08. The van der Waals surface area contributed by atoms with Gasteiger partial charge >= 0.3 is 0 Å². The quantitative estimate of drug-likeness (QED) is 0.742. The van der Waals surface area contributed by atoms with Crippen LogP contribution in [0.15, 0.2) is 24.3 Å². The van der Waals surface area contributed by atoms with E-state index in [4.69, 9.17) is 4.74 Å². The molecule has 1 aromatic rings. The van der Waals surface area contributed by atoms with Gasteiger partial charge in [-0.2, -0.15) is 0 Å². The standard InChI is InChI=1S/C10H15NO/c1-8(12-3)9-5-4-6-10(7-9)11-2/h4-8,11H,1-3H3/t8-/m0/s1. The van der Waals surface area contributed by atoms with Gasteiger partial charge in [-0.25, -0.2) is 0 Å². The van der Waals surface area contributed by atoms with Crippen LogP contribution >= 0.6 is 0 Å². The van der Waals surface area contributed by atoms with Gasteiger partial charge in [0.05, 0.1) is 6.10 Å². The highest BCUT2D eigenvalue weighted by Crippen LogP contribution is 2.18. The summed E-state index contributed by atoms with van der Waals surface area (Å²) < 4.78 is 5.21. The van der Waals surface area contributed by atoms with Crippen molar-refractivity contribution < 1.29 is 4.74 Å². The lowest BCUT2D eigenvalue weighted by molar-refractivity contribution is 0.119. The Bertz CT molecular complexity index is 247. The molecule has 0 spiro atoms. The minimum absolute atomic E-state index is 0.165. The minimum Gasteiger partial charge on any atom is -0.388 e. The minimum atomic E-state index is 0.165. The number of ether oxygens (including phenoxy) is 1. The van der Waals surface area contributed by atoms with E-state index in [0.717, 1.165) is 5.69 Å². The van der Waals surface area contributed by atoms with Gasteiger partial charge in [0.15, 0.2) is 0 Å². The molecule has 1 N–H and O–H groups in total. The number of anilines is 1. The smallest absolute Gasteiger partial charge is 0.0793 e. The Morgan fingerprint density at radius 1 is 1.42 bits per heavy atom. The van der Waals surface area contributed by atoms with E-state index >= 15 is 0 Å². The van der Waals surface area contributed by atoms with E-state index in [1.54, 1.807) is 7.11 Å². The summed E-state index contributed by atoms with van der Waals surface area (Å²) in [6, 6.07) is 8.21. The largest absolute Gasteiger partial charge is 0.388 e. The monoisotopic (exact) mass is 165 g/mol. The molecule has 0 fully saturated rings. The first kappa shape index (κ1) is 9.07. The van der Waals surface area contributed by atoms with E-state index in [9.17, 15) is 0 Å². The van der Waals surface area contributed by atoms with E-state index in [-0.39, 0.29) is 6.10 Å². The summed E-state index contributed by atoms with van der Waals surface area (Å²) in [4.78, 5) is 0. The molecule has 2 nitrogen and oxygen atoms in total. The van der Waals surface area contributed by atoms with Gasteiger partial charge in [-0.15, -0.1) is 0 Å². The molecular formula is C10H15NO. The molecule has 0 heterocycles. The number of benzene rings is 1. The lowest BCUT2D eigenvalue weighted by Gasteiger charge is -2.10. The van der Waals surface area contributed by atoms with Crippen molar-refractivity contribution in [3.8, 4) is 0 Å². The molecule has 1 atom stereocenters. The van der Waals surface area contributed by atoms with E-state index in [0.29, 0.717) is 0 Å². The van der Waals surface area contributed by atoms with Gasteiger partial charge in [-0.1, -0.05) is 12.1 Å². The highest BCUT2D eigenvalue weighted by Gasteiger charge is 2.02. The maximum Gasteiger partial charge on any atom is 0.0793 e. The molecule has 0 saturated heterocycles. The highest BCUT2D eigenvalue weighted by molar-refractivity contribution is 5.45. The summed E-state index contributed by atoms with van der Waals surface area (Å²) in [5.41, 5.74) is 2.32. The average Bonchev–Trinajstić information content (AvgIpc) is 2.17. The fourth-order valence-electron chi connectivity index (χ4n) is 1.08. The first-order chi connectivity index (χ1) is 5.77. The third-order valence-electron chi connectivity index (χ3n) is 2.00. The van der Waals surface area contributed by atoms with Gasteiger partial charge in [0.2, 0.25) is 0 Å². The van der Waals surface area contributed by atoms with E-state index < -0.39 is 0 Å². The maximum absolute atomic E-state index is 5.21.